The molecule has 1 fully saturated rings. The molecule has 1 aliphatic rings. The van der Waals surface area contributed by atoms with Crippen molar-refractivity contribution in [2.75, 3.05) is 19.8 Å². The molecular weight excluding hydrogens is 751 g/mol. The van der Waals surface area contributed by atoms with E-state index in [-0.39, 0.29) is 13.0 Å². The van der Waals surface area contributed by atoms with E-state index >= 15 is 0 Å². The number of hydrogen-bond donors (Lipinski definition) is 6. The van der Waals surface area contributed by atoms with E-state index in [0.29, 0.717) is 13.0 Å². The third-order valence-electron chi connectivity index (χ3n) is 9.31. The summed E-state index contributed by atoms with van der Waals surface area (Å²) in [7, 11) is -5.03. The first kappa shape index (κ1) is 52.8. The number of carbonyl (C=O) groups is 1. The summed E-state index contributed by atoms with van der Waals surface area (Å²) in [4.78, 5) is 23.1. The number of allylic oxidation sites excluding steroid dienone is 12. The number of ether oxygens (including phenoxy) is 2. The molecule has 0 spiro atoms. The molecule has 6 N–H and O–H groups in total. The molecule has 0 heterocycles. The van der Waals surface area contributed by atoms with Crippen LogP contribution in [0.5, 0.6) is 0 Å². The summed E-state index contributed by atoms with van der Waals surface area (Å²) in [5.74, 6) is -0.507. The van der Waals surface area contributed by atoms with Crippen molar-refractivity contribution in [1.29, 1.82) is 0 Å². The van der Waals surface area contributed by atoms with Crippen LogP contribution < -0.4 is 0 Å². The second kappa shape index (κ2) is 34.6. The summed E-state index contributed by atoms with van der Waals surface area (Å²) in [6, 6.07) is 0. The Morgan fingerprint density at radius 3 is 1.58 bits per heavy atom. The van der Waals surface area contributed by atoms with Crippen molar-refractivity contribution < 1.29 is 58.3 Å². The van der Waals surface area contributed by atoms with E-state index in [4.69, 9.17) is 18.5 Å². The van der Waals surface area contributed by atoms with Crippen LogP contribution in [-0.2, 0) is 27.9 Å². The van der Waals surface area contributed by atoms with Gasteiger partial charge in [-0.05, 0) is 77.0 Å². The van der Waals surface area contributed by atoms with Gasteiger partial charge in [0, 0.05) is 13.0 Å². The zero-order valence-electron chi connectivity index (χ0n) is 34.6. The average Bonchev–Trinajstić information content (AvgIpc) is 3.19. The molecule has 1 aliphatic carbocycles. The van der Waals surface area contributed by atoms with Crippen molar-refractivity contribution in [2.24, 2.45) is 0 Å². The summed E-state index contributed by atoms with van der Waals surface area (Å²) < 4.78 is 34.0. The fourth-order valence-corrected chi connectivity index (χ4v) is 6.86. The molecule has 328 valence electrons. The zero-order chi connectivity index (χ0) is 42.0. The molecule has 13 heteroatoms. The number of hydrogen-bond acceptors (Lipinski definition) is 11. The minimum atomic E-state index is -5.03. The Balaban J connectivity index is 2.48. The number of aliphatic hydroxyl groups excluding tert-OH is 5. The lowest BCUT2D eigenvalue weighted by Gasteiger charge is -2.41. The van der Waals surface area contributed by atoms with Crippen LogP contribution in [0.3, 0.4) is 0 Å². The summed E-state index contributed by atoms with van der Waals surface area (Å²) in [6.45, 7) is 3.98. The monoisotopic (exact) mass is 826 g/mol. The third-order valence-corrected chi connectivity index (χ3v) is 10.3. The molecule has 0 aliphatic heterocycles. The predicted octanol–water partition coefficient (Wildman–Crippen LogP) is 8.02. The van der Waals surface area contributed by atoms with E-state index in [2.05, 4.69) is 86.8 Å². The molecule has 0 aromatic rings. The highest BCUT2D eigenvalue weighted by atomic mass is 31.2. The smallest absolute Gasteiger partial charge is 0.457 e. The average molecular weight is 827 g/mol. The minimum Gasteiger partial charge on any atom is -0.457 e. The molecule has 6 unspecified atom stereocenters. The number of unbranched alkanes of at least 4 members (excludes halogenated alkanes) is 10. The van der Waals surface area contributed by atoms with Gasteiger partial charge >= 0.3 is 13.8 Å². The first-order valence-corrected chi connectivity index (χ1v) is 22.8. The lowest BCUT2D eigenvalue weighted by atomic mass is 9.85. The second-order valence-corrected chi connectivity index (χ2v) is 15.9. The second-order valence-electron chi connectivity index (χ2n) is 14.5. The molecule has 0 aromatic carbocycles. The van der Waals surface area contributed by atoms with Gasteiger partial charge in [-0.3, -0.25) is 13.8 Å². The Morgan fingerprint density at radius 2 is 1.04 bits per heavy atom. The molecule has 12 nitrogen and oxygen atoms in total. The Hall–Kier alpha value is -2.22. The van der Waals surface area contributed by atoms with Crippen molar-refractivity contribution in [2.45, 2.75) is 179 Å². The van der Waals surface area contributed by atoms with Gasteiger partial charge in [0.25, 0.3) is 0 Å². The van der Waals surface area contributed by atoms with Gasteiger partial charge in [0.2, 0.25) is 0 Å². The molecule has 0 amide bonds. The number of phosphoric acid groups is 1. The first-order valence-electron chi connectivity index (χ1n) is 21.3. The fourth-order valence-electron chi connectivity index (χ4n) is 5.89. The van der Waals surface area contributed by atoms with Crippen molar-refractivity contribution in [1.82, 2.24) is 0 Å². The van der Waals surface area contributed by atoms with Gasteiger partial charge in [-0.15, -0.1) is 0 Å². The van der Waals surface area contributed by atoms with Crippen molar-refractivity contribution >= 4 is 13.8 Å². The predicted molar refractivity (Wildman–Crippen MR) is 225 cm³/mol. The fraction of sp³-hybridized carbons (Fsp3) is 0.705. The summed E-state index contributed by atoms with van der Waals surface area (Å²) >= 11 is 0. The summed E-state index contributed by atoms with van der Waals surface area (Å²) in [5, 5.41) is 50.1. The van der Waals surface area contributed by atoms with Crippen LogP contribution >= 0.6 is 7.82 Å². The van der Waals surface area contributed by atoms with Gasteiger partial charge in [0.15, 0.2) is 0 Å². The molecule has 0 aromatic heterocycles. The molecular formula is C44H75O12P. The molecule has 6 atom stereocenters. The lowest BCUT2D eigenvalue weighted by Crippen LogP contribution is -2.64. The van der Waals surface area contributed by atoms with Crippen LogP contribution in [0, 0.1) is 0 Å². The summed E-state index contributed by atoms with van der Waals surface area (Å²) in [5.41, 5.74) is 0. The van der Waals surface area contributed by atoms with Crippen LogP contribution in [0.15, 0.2) is 72.9 Å². The topological polar surface area (TPSA) is 192 Å². The van der Waals surface area contributed by atoms with Crippen molar-refractivity contribution in [3.63, 3.8) is 0 Å². The standard InChI is InChI=1S/C44H75O12P/c1-3-5-7-9-11-13-15-17-19-20-22-24-26-28-30-32-34-53-35-37(36-54-57(51,52)56-44-42(49)40(47)39(46)41(48)43(44)50)55-38(45)33-31-29-27-25-23-21-18-16-14-12-10-8-6-4-2/h5,7,10-13,16-19,22,24,37,39-44,46-50H,3-4,6,8-9,14-15,20-21,23,25-36H2,1-2H3,(H,51,52)/b7-5-,12-10-,13-11-,18-16-,19-17-,24-22-. The maximum Gasteiger partial charge on any atom is 0.472 e. The van der Waals surface area contributed by atoms with E-state index in [9.17, 15) is 39.8 Å². The molecule has 0 radical (unpaired) electrons. The van der Waals surface area contributed by atoms with Crippen molar-refractivity contribution in [3.05, 3.63) is 72.9 Å². The molecule has 57 heavy (non-hydrogen) atoms. The van der Waals surface area contributed by atoms with E-state index in [0.717, 1.165) is 96.3 Å². The number of phosphoric ester groups is 1. The summed E-state index contributed by atoms with van der Waals surface area (Å²) in [6.07, 6.45) is 31.2. The zero-order valence-corrected chi connectivity index (χ0v) is 35.5. The highest BCUT2D eigenvalue weighted by Gasteiger charge is 2.51. The van der Waals surface area contributed by atoms with Gasteiger partial charge in [0.1, 0.15) is 42.7 Å². The van der Waals surface area contributed by atoms with Gasteiger partial charge in [-0.2, -0.15) is 0 Å². The normalized spacial score (nSPS) is 23.6. The van der Waals surface area contributed by atoms with Gasteiger partial charge in [-0.1, -0.05) is 125 Å². The van der Waals surface area contributed by atoms with Crippen LogP contribution in [0.2, 0.25) is 0 Å². The van der Waals surface area contributed by atoms with E-state index in [1.807, 2.05) is 0 Å². The Labute approximate surface area is 342 Å². The number of esters is 1. The van der Waals surface area contributed by atoms with Crippen molar-refractivity contribution in [3.8, 4) is 0 Å². The van der Waals surface area contributed by atoms with E-state index in [1.54, 1.807) is 0 Å². The largest absolute Gasteiger partial charge is 0.472 e. The van der Waals surface area contributed by atoms with E-state index < -0.39 is 63.1 Å². The van der Waals surface area contributed by atoms with Crippen LogP contribution in [0.4, 0.5) is 0 Å². The molecule has 1 rings (SSSR count). The number of rotatable bonds is 34. The highest BCUT2D eigenvalue weighted by Crippen LogP contribution is 2.47. The van der Waals surface area contributed by atoms with Crippen LogP contribution in [0.25, 0.3) is 0 Å². The Morgan fingerprint density at radius 1 is 0.579 bits per heavy atom. The highest BCUT2D eigenvalue weighted by molar-refractivity contribution is 7.47. The van der Waals surface area contributed by atoms with E-state index in [1.165, 1.54) is 12.8 Å². The lowest BCUT2D eigenvalue weighted by molar-refractivity contribution is -0.220. The third kappa shape index (κ3) is 27.2. The van der Waals surface area contributed by atoms with Gasteiger partial charge in [-0.25, -0.2) is 4.57 Å². The molecule has 1 saturated carbocycles. The quantitative estimate of drug-likeness (QED) is 0.0159. The van der Waals surface area contributed by atoms with Gasteiger partial charge in [0.05, 0.1) is 13.2 Å². The molecule has 0 bridgehead atoms. The SMILES string of the molecule is CC/C=C\C/C=C\C/C=C\C/C=C\CCCCCOCC(COP(=O)(O)OC1C(O)C(O)C(O)C(O)C1O)OC(=O)CCCCCCC/C=C\C/C=C\CCCC. The number of carbonyl (C=O) groups excluding carboxylic acids is 1. The minimum absolute atomic E-state index is 0.108. The maximum absolute atomic E-state index is 12.8. The Kier molecular flexibility index (Phi) is 32.1. The first-order chi connectivity index (χ1) is 27.5. The number of aliphatic hydroxyl groups is 5. The van der Waals surface area contributed by atoms with Crippen LogP contribution in [0.1, 0.15) is 136 Å². The Bertz CT molecular complexity index is 1220. The van der Waals surface area contributed by atoms with Crippen LogP contribution in [-0.4, -0.2) is 98.9 Å². The maximum atomic E-state index is 12.8. The molecule has 0 saturated heterocycles. The van der Waals surface area contributed by atoms with Gasteiger partial charge < -0.3 is 39.9 Å².